The number of primary amides is 1. The number of nitrogens with two attached hydrogens (primary N) is 1. The van der Waals surface area contributed by atoms with Crippen LogP contribution >= 0.6 is 11.6 Å². The molecule has 5 rings (SSSR count). The number of hydrogen-bond acceptors (Lipinski definition) is 6. The third-order valence-electron chi connectivity index (χ3n) is 11.6. The molecule has 0 aliphatic rings. The molecule has 0 aliphatic heterocycles. The van der Waals surface area contributed by atoms with Crippen molar-refractivity contribution in [2.75, 3.05) is 11.9 Å². The minimum Gasteiger partial charge on any atom is -0.493 e. The maximum Gasteiger partial charge on any atom is 0.351 e. The maximum absolute atomic E-state index is 15.6. The zero-order chi connectivity index (χ0) is 44.0. The van der Waals surface area contributed by atoms with Gasteiger partial charge in [0, 0.05) is 29.6 Å². The number of Topliss-reactive ketones (excluding diaryl/α,β-unsaturated/α-hetero) is 1. The van der Waals surface area contributed by atoms with E-state index in [1.807, 2.05) is 63.2 Å². The Kier molecular flexibility index (Phi) is 13.8. The number of carbonyl (C=O) groups excluding carboxylic acids is 3. The van der Waals surface area contributed by atoms with Crippen molar-refractivity contribution in [1.29, 1.82) is 0 Å². The van der Waals surface area contributed by atoms with Crippen LogP contribution in [0.25, 0.3) is 5.69 Å². The number of ether oxygens (including phenoxy) is 1. The number of nitrogens with zero attached hydrogens (tertiary/aromatic N) is 3. The second-order valence-electron chi connectivity index (χ2n) is 17.3. The summed E-state index contributed by atoms with van der Waals surface area (Å²) in [6, 6.07) is 30.5. The predicted molar refractivity (Wildman–Crippen MR) is 238 cm³/mol. The summed E-state index contributed by atoms with van der Waals surface area (Å²) in [5, 5.41) is 2.90. The molecule has 12 heteroatoms. The Morgan fingerprint density at radius 3 is 1.85 bits per heavy atom. The van der Waals surface area contributed by atoms with Gasteiger partial charge >= 0.3 is 11.4 Å². The standard InChI is InChI=1S/C48H58ClN5O6/c1-9-45(3,4)36-29-38(46(5,6)10-2)39(60-28-20-27-40(50)55)30-37(36)48(49,42(57)51-34-23-16-12-17-24-34)41(56)47(7,8)32-52-43(58)53(31-33-21-14-11-15-22-33)54(44(52)59)35-25-18-13-19-26-35/h11-19,21-26,29-30H,9-10,20,27-28,31-32H2,1-8H3,(H2,50,55)(H,51,57). The number of rotatable bonds is 19. The van der Waals surface area contributed by atoms with Gasteiger partial charge in [0.05, 0.1) is 18.8 Å². The smallest absolute Gasteiger partial charge is 0.351 e. The van der Waals surface area contributed by atoms with E-state index >= 15 is 9.59 Å². The summed E-state index contributed by atoms with van der Waals surface area (Å²) in [6.07, 6.45) is 1.83. The molecule has 0 bridgehead atoms. The largest absolute Gasteiger partial charge is 0.493 e. The summed E-state index contributed by atoms with van der Waals surface area (Å²) in [7, 11) is 0. The first-order valence-electron chi connectivity index (χ1n) is 20.5. The van der Waals surface area contributed by atoms with Crippen LogP contribution in [0, 0.1) is 5.41 Å². The number of para-hydroxylation sites is 2. The fraction of sp³-hybridized carbons (Fsp3) is 0.396. The van der Waals surface area contributed by atoms with Crippen LogP contribution in [-0.2, 0) is 43.2 Å². The minimum atomic E-state index is -2.41. The van der Waals surface area contributed by atoms with Crippen molar-refractivity contribution in [3.8, 4) is 11.4 Å². The van der Waals surface area contributed by atoms with Gasteiger partial charge in [0.15, 0.2) is 5.78 Å². The molecule has 1 unspecified atom stereocenters. The summed E-state index contributed by atoms with van der Waals surface area (Å²) in [5.41, 5.74) is 4.97. The molecule has 1 aromatic heterocycles. The molecule has 0 aliphatic carbocycles. The molecule has 0 spiro atoms. The number of carbonyl (C=O) groups is 3. The van der Waals surface area contributed by atoms with Crippen molar-refractivity contribution in [2.45, 2.75) is 110 Å². The highest BCUT2D eigenvalue weighted by atomic mass is 35.5. The van der Waals surface area contributed by atoms with Crippen LogP contribution in [0.4, 0.5) is 5.69 Å². The van der Waals surface area contributed by atoms with E-state index in [-0.39, 0.29) is 25.1 Å². The lowest BCUT2D eigenvalue weighted by Crippen LogP contribution is -2.52. The number of aromatic nitrogens is 3. The second-order valence-corrected chi connectivity index (χ2v) is 17.9. The SMILES string of the molecule is CCC(C)(C)c1cc(C(C)(C)CC)c(C(Cl)(C(=O)Nc2ccccc2)C(=O)C(C)(C)Cn2c(=O)n(Cc3ccccc3)n(-c3ccccc3)c2=O)cc1OCCCC(N)=O. The van der Waals surface area contributed by atoms with E-state index in [9.17, 15) is 14.4 Å². The molecule has 0 fully saturated rings. The Morgan fingerprint density at radius 2 is 1.28 bits per heavy atom. The normalized spacial score (nSPS) is 13.1. The van der Waals surface area contributed by atoms with Crippen LogP contribution in [0.5, 0.6) is 5.75 Å². The highest BCUT2D eigenvalue weighted by Gasteiger charge is 2.54. The molecule has 318 valence electrons. The van der Waals surface area contributed by atoms with Crippen molar-refractivity contribution < 1.29 is 19.1 Å². The Balaban J connectivity index is 1.74. The second kappa shape index (κ2) is 18.3. The quantitative estimate of drug-likeness (QED) is 0.0487. The van der Waals surface area contributed by atoms with Gasteiger partial charge in [-0.2, -0.15) is 4.68 Å². The van der Waals surface area contributed by atoms with E-state index in [1.54, 1.807) is 74.5 Å². The molecule has 5 aromatic rings. The molecule has 2 amide bonds. The van der Waals surface area contributed by atoms with Gasteiger partial charge in [-0.05, 0) is 77.1 Å². The van der Waals surface area contributed by atoms with Crippen LogP contribution in [0.15, 0.2) is 113 Å². The lowest BCUT2D eigenvalue weighted by atomic mass is 9.69. The van der Waals surface area contributed by atoms with Crippen molar-refractivity contribution in [1.82, 2.24) is 13.9 Å². The van der Waals surface area contributed by atoms with Crippen molar-refractivity contribution in [2.24, 2.45) is 11.1 Å². The maximum atomic E-state index is 15.6. The summed E-state index contributed by atoms with van der Waals surface area (Å²) >= 11 is 7.77. The number of ketones is 1. The average Bonchev–Trinajstić information content (AvgIpc) is 3.45. The van der Waals surface area contributed by atoms with Gasteiger partial charge in [-0.25, -0.2) is 18.8 Å². The van der Waals surface area contributed by atoms with Gasteiger partial charge in [-0.3, -0.25) is 14.4 Å². The third kappa shape index (κ3) is 9.52. The molecule has 1 atom stereocenters. The van der Waals surface area contributed by atoms with Gasteiger partial charge in [0.1, 0.15) is 5.75 Å². The zero-order valence-corrected chi connectivity index (χ0v) is 36.8. The van der Waals surface area contributed by atoms with E-state index in [4.69, 9.17) is 22.1 Å². The fourth-order valence-electron chi connectivity index (χ4n) is 7.28. The van der Waals surface area contributed by atoms with Gasteiger partial charge in [0.2, 0.25) is 10.8 Å². The van der Waals surface area contributed by atoms with Crippen LogP contribution in [0.3, 0.4) is 0 Å². The summed E-state index contributed by atoms with van der Waals surface area (Å²) in [5.74, 6) is -1.57. The molecule has 4 aromatic carbocycles. The summed E-state index contributed by atoms with van der Waals surface area (Å²) in [6.45, 7) is 15.4. The fourth-order valence-corrected chi connectivity index (χ4v) is 7.73. The van der Waals surface area contributed by atoms with E-state index in [2.05, 4.69) is 26.1 Å². The number of nitrogens with one attached hydrogen (secondary N) is 1. The van der Waals surface area contributed by atoms with Crippen molar-refractivity contribution in [3.63, 3.8) is 0 Å². The number of alkyl halides is 1. The van der Waals surface area contributed by atoms with E-state index in [1.165, 1.54) is 9.36 Å². The minimum absolute atomic E-state index is 0.0856. The first-order chi connectivity index (χ1) is 28.3. The zero-order valence-electron chi connectivity index (χ0n) is 36.0. The van der Waals surface area contributed by atoms with Gasteiger partial charge in [-0.1, -0.05) is 140 Å². The molecule has 3 N–H and O–H groups in total. The number of halogens is 1. The number of hydrogen-bond donors (Lipinski definition) is 2. The first kappa shape index (κ1) is 45.4. The summed E-state index contributed by atoms with van der Waals surface area (Å²) in [4.78, 5) is 68.7. The predicted octanol–water partition coefficient (Wildman–Crippen LogP) is 8.24. The summed E-state index contributed by atoms with van der Waals surface area (Å²) < 4.78 is 10.1. The highest BCUT2D eigenvalue weighted by Crippen LogP contribution is 2.48. The lowest BCUT2D eigenvalue weighted by Gasteiger charge is -2.39. The monoisotopic (exact) mass is 835 g/mol. The topological polar surface area (TPSA) is 147 Å². The molecular weight excluding hydrogens is 778 g/mol. The number of benzene rings is 4. The van der Waals surface area contributed by atoms with Crippen molar-refractivity contribution >= 4 is 34.9 Å². The van der Waals surface area contributed by atoms with E-state index in [0.29, 0.717) is 35.5 Å². The van der Waals surface area contributed by atoms with Gasteiger partial charge in [-0.15, -0.1) is 0 Å². The molecule has 0 saturated heterocycles. The molecule has 1 heterocycles. The van der Waals surface area contributed by atoms with Crippen molar-refractivity contribution in [3.05, 3.63) is 146 Å². The molecule has 0 radical (unpaired) electrons. The Labute approximate surface area is 357 Å². The molecule has 60 heavy (non-hydrogen) atoms. The Morgan fingerprint density at radius 1 is 0.733 bits per heavy atom. The van der Waals surface area contributed by atoms with Gasteiger partial charge < -0.3 is 15.8 Å². The molecular formula is C48H58ClN5O6. The third-order valence-corrected chi connectivity index (χ3v) is 12.2. The van der Waals surface area contributed by atoms with Gasteiger partial charge in [0.25, 0.3) is 5.91 Å². The first-order valence-corrected chi connectivity index (χ1v) is 20.9. The Bertz CT molecular complexity index is 2430. The van der Waals surface area contributed by atoms with Crippen LogP contribution in [0.1, 0.15) is 103 Å². The Hall–Kier alpha value is -5.68. The lowest BCUT2D eigenvalue weighted by molar-refractivity contribution is -0.136. The van der Waals surface area contributed by atoms with E-state index in [0.717, 1.165) is 22.1 Å². The average molecular weight is 836 g/mol. The van der Waals surface area contributed by atoms with Crippen LogP contribution < -0.4 is 27.2 Å². The number of anilines is 1. The highest BCUT2D eigenvalue weighted by molar-refractivity contribution is 6.48. The molecule has 0 saturated carbocycles. The molecule has 11 nitrogen and oxygen atoms in total. The van der Waals surface area contributed by atoms with Crippen LogP contribution in [0.2, 0.25) is 0 Å². The van der Waals surface area contributed by atoms with Crippen LogP contribution in [-0.4, -0.2) is 38.1 Å². The van der Waals surface area contributed by atoms with E-state index < -0.39 is 56.6 Å². The number of amides is 2.